The van der Waals surface area contributed by atoms with E-state index in [0.717, 1.165) is 22.5 Å². The van der Waals surface area contributed by atoms with E-state index in [1.54, 1.807) is 35.7 Å². The Morgan fingerprint density at radius 2 is 1.79 bits per heavy atom. The van der Waals surface area contributed by atoms with Crippen LogP contribution in [0.25, 0.3) is 0 Å². The normalized spacial score (nSPS) is 14.1. The minimum absolute atomic E-state index is 0.145. The summed E-state index contributed by atoms with van der Waals surface area (Å²) < 4.78 is 27.9. The van der Waals surface area contributed by atoms with Gasteiger partial charge in [-0.3, -0.25) is 14.3 Å². The molecule has 2 aromatic carbocycles. The van der Waals surface area contributed by atoms with Gasteiger partial charge in [-0.25, -0.2) is 13.4 Å². The third-order valence-electron chi connectivity index (χ3n) is 5.07. The number of sulfonamides is 1. The van der Waals surface area contributed by atoms with Crippen LogP contribution < -0.4 is 15.0 Å². The van der Waals surface area contributed by atoms with Crippen molar-refractivity contribution in [3.63, 3.8) is 0 Å². The van der Waals surface area contributed by atoms with E-state index in [2.05, 4.69) is 15.1 Å². The number of hydrogen-bond donors (Lipinski definition) is 2. The Bertz CT molecular complexity index is 1350. The molecular weight excluding hydrogens is 460 g/mol. The first-order valence-electron chi connectivity index (χ1n) is 10.2. The monoisotopic (exact) mass is 482 g/mol. The van der Waals surface area contributed by atoms with Crippen molar-refractivity contribution in [3.05, 3.63) is 71.1 Å². The van der Waals surface area contributed by atoms with Gasteiger partial charge in [0.2, 0.25) is 5.91 Å². The van der Waals surface area contributed by atoms with Gasteiger partial charge < -0.3 is 5.32 Å². The largest absolute Gasteiger partial charge is 0.319 e. The first-order chi connectivity index (χ1) is 15.7. The molecule has 0 saturated carbocycles. The fourth-order valence-electron chi connectivity index (χ4n) is 3.34. The van der Waals surface area contributed by atoms with Gasteiger partial charge in [0.05, 0.1) is 17.1 Å². The number of para-hydroxylation sites is 2. The first-order valence-corrected chi connectivity index (χ1v) is 12.6. The number of hydrazone groups is 1. The summed E-state index contributed by atoms with van der Waals surface area (Å²) in [7, 11) is -3.78. The standard InChI is InChI=1S/C23H22N4O4S2/c1-15-9-10-16(2)20(14-15)27-21(28)12-11-19(25-27)23(29)24-17-6-3-4-7-18(17)26-33(30,31)22-8-5-13-32-22/h3-10,13-14,26H,11-12H2,1-2H3,(H,24,29). The summed E-state index contributed by atoms with van der Waals surface area (Å²) in [6, 6.07) is 15.4. The number of anilines is 3. The van der Waals surface area contributed by atoms with Gasteiger partial charge in [-0.15, -0.1) is 11.3 Å². The highest BCUT2D eigenvalue weighted by atomic mass is 32.2. The van der Waals surface area contributed by atoms with E-state index < -0.39 is 15.9 Å². The van der Waals surface area contributed by atoms with Gasteiger partial charge in [0.25, 0.3) is 15.9 Å². The summed E-state index contributed by atoms with van der Waals surface area (Å²) in [6.45, 7) is 3.80. The van der Waals surface area contributed by atoms with Crippen molar-refractivity contribution >= 4 is 55.9 Å². The number of thiophene rings is 1. The van der Waals surface area contributed by atoms with E-state index in [1.165, 1.54) is 11.1 Å². The molecule has 0 unspecified atom stereocenters. The quantitative estimate of drug-likeness (QED) is 0.546. The topological polar surface area (TPSA) is 108 Å². The van der Waals surface area contributed by atoms with Gasteiger partial charge in [-0.2, -0.15) is 5.10 Å². The van der Waals surface area contributed by atoms with Crippen molar-refractivity contribution in [1.29, 1.82) is 0 Å². The van der Waals surface area contributed by atoms with E-state index >= 15 is 0 Å². The molecule has 3 aromatic rings. The molecule has 0 saturated heterocycles. The van der Waals surface area contributed by atoms with Crippen molar-refractivity contribution in [1.82, 2.24) is 0 Å². The molecule has 0 spiro atoms. The van der Waals surface area contributed by atoms with Crippen molar-refractivity contribution < 1.29 is 18.0 Å². The molecule has 1 aliphatic rings. The molecule has 1 aliphatic heterocycles. The summed E-state index contributed by atoms with van der Waals surface area (Å²) in [6.07, 6.45) is 0.335. The fraction of sp³-hybridized carbons (Fsp3) is 0.174. The average Bonchev–Trinajstić information content (AvgIpc) is 3.33. The number of nitrogens with zero attached hydrogens (tertiary/aromatic N) is 2. The highest BCUT2D eigenvalue weighted by Crippen LogP contribution is 2.28. The number of carbonyl (C=O) groups excluding carboxylic acids is 2. The van der Waals surface area contributed by atoms with Crippen LogP contribution in [0.5, 0.6) is 0 Å². The Labute approximate surface area is 196 Å². The zero-order valence-corrected chi connectivity index (χ0v) is 19.7. The lowest BCUT2D eigenvalue weighted by molar-refractivity contribution is -0.118. The number of nitrogens with one attached hydrogen (secondary N) is 2. The van der Waals surface area contributed by atoms with Crippen LogP contribution in [0.2, 0.25) is 0 Å². The van der Waals surface area contributed by atoms with Gasteiger partial charge in [0.1, 0.15) is 9.92 Å². The van der Waals surface area contributed by atoms with Crippen LogP contribution >= 0.6 is 11.3 Å². The Morgan fingerprint density at radius 1 is 1.03 bits per heavy atom. The Kier molecular flexibility index (Phi) is 6.30. The smallest absolute Gasteiger partial charge is 0.271 e. The third-order valence-corrected chi connectivity index (χ3v) is 7.83. The Balaban J connectivity index is 1.59. The lowest BCUT2D eigenvalue weighted by atomic mass is 10.1. The SMILES string of the molecule is Cc1ccc(C)c(N2N=C(C(=O)Nc3ccccc3NS(=O)(=O)c3cccs3)CCC2=O)c1. The Hall–Kier alpha value is -3.50. The van der Waals surface area contributed by atoms with Crippen LogP contribution in [0.1, 0.15) is 24.0 Å². The number of hydrogen-bond acceptors (Lipinski definition) is 6. The van der Waals surface area contributed by atoms with Crippen molar-refractivity contribution in [3.8, 4) is 0 Å². The van der Waals surface area contributed by atoms with Crippen LogP contribution in [-0.4, -0.2) is 25.9 Å². The van der Waals surface area contributed by atoms with Crippen molar-refractivity contribution in [2.45, 2.75) is 30.9 Å². The summed E-state index contributed by atoms with van der Waals surface area (Å²) in [5.74, 6) is -0.690. The molecule has 2 amide bonds. The molecule has 0 bridgehead atoms. The summed E-state index contributed by atoms with van der Waals surface area (Å²) in [4.78, 5) is 25.5. The van der Waals surface area contributed by atoms with Gasteiger partial charge in [-0.05, 0) is 54.6 Å². The van der Waals surface area contributed by atoms with E-state index in [1.807, 2.05) is 32.0 Å². The molecule has 4 rings (SSSR count). The number of rotatable bonds is 6. The van der Waals surface area contributed by atoms with Gasteiger partial charge >= 0.3 is 0 Å². The third kappa shape index (κ3) is 4.96. The molecule has 0 fully saturated rings. The molecule has 33 heavy (non-hydrogen) atoms. The maximum absolute atomic E-state index is 13.0. The molecule has 10 heteroatoms. The first kappa shape index (κ1) is 22.7. The highest BCUT2D eigenvalue weighted by Gasteiger charge is 2.27. The van der Waals surface area contributed by atoms with Crippen LogP contribution in [0, 0.1) is 13.8 Å². The number of carbonyl (C=O) groups is 2. The highest BCUT2D eigenvalue weighted by molar-refractivity contribution is 7.94. The molecule has 0 aliphatic carbocycles. The van der Waals surface area contributed by atoms with E-state index in [0.29, 0.717) is 11.4 Å². The van der Waals surface area contributed by atoms with Crippen LogP contribution in [0.4, 0.5) is 17.1 Å². The minimum Gasteiger partial charge on any atom is -0.319 e. The number of benzene rings is 2. The molecule has 2 N–H and O–H groups in total. The number of aryl methyl sites for hydroxylation is 2. The zero-order chi connectivity index (χ0) is 23.6. The maximum Gasteiger partial charge on any atom is 0.271 e. The molecule has 2 heterocycles. The second kappa shape index (κ2) is 9.16. The fourth-order valence-corrected chi connectivity index (χ4v) is 5.41. The molecule has 1 aromatic heterocycles. The maximum atomic E-state index is 13.0. The van der Waals surface area contributed by atoms with Crippen molar-refractivity contribution in [2.24, 2.45) is 5.10 Å². The second-order valence-corrected chi connectivity index (χ2v) is 10.4. The zero-order valence-electron chi connectivity index (χ0n) is 18.0. The van der Waals surface area contributed by atoms with Crippen LogP contribution in [0.3, 0.4) is 0 Å². The van der Waals surface area contributed by atoms with Crippen LogP contribution in [-0.2, 0) is 19.6 Å². The second-order valence-electron chi connectivity index (χ2n) is 7.58. The number of amides is 2. The molecule has 8 nitrogen and oxygen atoms in total. The lowest BCUT2D eigenvalue weighted by Gasteiger charge is -2.25. The van der Waals surface area contributed by atoms with Gasteiger partial charge in [-0.1, -0.05) is 30.3 Å². The van der Waals surface area contributed by atoms with Crippen molar-refractivity contribution in [2.75, 3.05) is 15.0 Å². The summed E-state index contributed by atoms with van der Waals surface area (Å²) in [5.41, 5.74) is 3.19. The average molecular weight is 483 g/mol. The Morgan fingerprint density at radius 3 is 2.52 bits per heavy atom. The summed E-state index contributed by atoms with van der Waals surface area (Å²) in [5, 5.41) is 10.0. The van der Waals surface area contributed by atoms with E-state index in [4.69, 9.17) is 0 Å². The van der Waals surface area contributed by atoms with Gasteiger partial charge in [0.15, 0.2) is 0 Å². The minimum atomic E-state index is -3.78. The van der Waals surface area contributed by atoms with Gasteiger partial charge in [0, 0.05) is 12.8 Å². The molecule has 170 valence electrons. The van der Waals surface area contributed by atoms with Crippen LogP contribution in [0.15, 0.2) is 69.3 Å². The lowest BCUT2D eigenvalue weighted by Crippen LogP contribution is -2.36. The molecule has 0 atom stereocenters. The van der Waals surface area contributed by atoms with E-state index in [-0.39, 0.29) is 34.4 Å². The molecule has 0 radical (unpaired) electrons. The molecular formula is C23H22N4O4S2. The van der Waals surface area contributed by atoms with E-state index in [9.17, 15) is 18.0 Å². The summed E-state index contributed by atoms with van der Waals surface area (Å²) >= 11 is 1.10. The predicted octanol–water partition coefficient (Wildman–Crippen LogP) is 4.29. The predicted molar refractivity (Wildman–Crippen MR) is 130 cm³/mol.